The Morgan fingerprint density at radius 1 is 1.75 bits per heavy atom. The van der Waals surface area contributed by atoms with Crippen molar-refractivity contribution in [1.82, 2.24) is 4.90 Å². The fourth-order valence-electron chi connectivity index (χ4n) is 0.962. The van der Waals surface area contributed by atoms with Gasteiger partial charge in [-0.3, -0.25) is 4.90 Å². The Morgan fingerprint density at radius 2 is 2.33 bits per heavy atom. The smallest absolute Gasteiger partial charge is 0.0900 e. The molecule has 0 aromatic heterocycles. The van der Waals surface area contributed by atoms with Crippen LogP contribution >= 0.6 is 11.6 Å². The minimum atomic E-state index is -0.462. The lowest BCUT2D eigenvalue weighted by molar-refractivity contribution is 0.0453. The zero-order chi connectivity index (χ0) is 9.56. The van der Waals surface area contributed by atoms with Gasteiger partial charge in [0, 0.05) is 25.2 Å². The number of aliphatic hydroxyl groups excluding tert-OH is 1. The zero-order valence-electron chi connectivity index (χ0n) is 7.59. The van der Waals surface area contributed by atoms with E-state index in [0.717, 1.165) is 0 Å². The summed E-state index contributed by atoms with van der Waals surface area (Å²) >= 11 is 5.58. The lowest BCUT2D eigenvalue weighted by Gasteiger charge is -2.19. The molecule has 1 unspecified atom stereocenters. The molecular formula is C8H16ClNO2. The molecule has 0 aliphatic rings. The number of rotatable bonds is 6. The van der Waals surface area contributed by atoms with E-state index in [1.54, 1.807) is 7.11 Å². The van der Waals surface area contributed by atoms with Gasteiger partial charge in [-0.15, -0.1) is 0 Å². The summed E-state index contributed by atoms with van der Waals surface area (Å²) in [7, 11) is 3.43. The van der Waals surface area contributed by atoms with Gasteiger partial charge < -0.3 is 9.84 Å². The van der Waals surface area contributed by atoms with Crippen molar-refractivity contribution in [3.05, 3.63) is 11.6 Å². The van der Waals surface area contributed by atoms with Gasteiger partial charge in [-0.25, -0.2) is 0 Å². The molecule has 0 spiro atoms. The van der Waals surface area contributed by atoms with Crippen LogP contribution in [0.1, 0.15) is 0 Å². The molecule has 1 N–H and O–H groups in total. The number of likely N-dealkylation sites (N-methyl/N-ethyl adjacent to an activating group) is 1. The molecule has 0 aliphatic carbocycles. The molecule has 0 bridgehead atoms. The summed E-state index contributed by atoms with van der Waals surface area (Å²) in [4.78, 5) is 1.89. The first kappa shape index (κ1) is 11.9. The van der Waals surface area contributed by atoms with Crippen LogP contribution in [0, 0.1) is 0 Å². The molecule has 4 heteroatoms. The third kappa shape index (κ3) is 6.61. The van der Waals surface area contributed by atoms with E-state index in [0.29, 0.717) is 24.7 Å². The zero-order valence-corrected chi connectivity index (χ0v) is 8.34. The van der Waals surface area contributed by atoms with Crippen molar-refractivity contribution in [2.45, 2.75) is 6.10 Å². The second-order valence-electron chi connectivity index (χ2n) is 2.82. The van der Waals surface area contributed by atoms with Gasteiger partial charge in [0.05, 0.1) is 12.7 Å². The third-order valence-electron chi connectivity index (χ3n) is 1.32. The minimum Gasteiger partial charge on any atom is -0.389 e. The first-order valence-corrected chi connectivity index (χ1v) is 4.13. The molecule has 0 saturated carbocycles. The number of hydrogen-bond acceptors (Lipinski definition) is 3. The average Bonchev–Trinajstić information content (AvgIpc) is 1.84. The highest BCUT2D eigenvalue weighted by Crippen LogP contribution is 1.99. The summed E-state index contributed by atoms with van der Waals surface area (Å²) in [6, 6.07) is 0. The molecular weight excluding hydrogens is 178 g/mol. The number of halogens is 1. The van der Waals surface area contributed by atoms with Crippen LogP contribution in [-0.2, 0) is 4.74 Å². The van der Waals surface area contributed by atoms with E-state index in [1.807, 2.05) is 11.9 Å². The minimum absolute atomic E-state index is 0.346. The fraction of sp³-hybridized carbons (Fsp3) is 0.750. The highest BCUT2D eigenvalue weighted by molar-refractivity contribution is 6.29. The maximum Gasteiger partial charge on any atom is 0.0900 e. The number of methoxy groups -OCH3 is 1. The highest BCUT2D eigenvalue weighted by Gasteiger charge is 2.07. The molecule has 0 aromatic rings. The summed E-state index contributed by atoms with van der Waals surface area (Å²) in [6.07, 6.45) is -0.462. The van der Waals surface area contributed by atoms with Crippen LogP contribution in [0.3, 0.4) is 0 Å². The van der Waals surface area contributed by atoms with E-state index in [9.17, 15) is 5.11 Å². The first-order chi connectivity index (χ1) is 5.56. The molecule has 0 amide bonds. The van der Waals surface area contributed by atoms with Crippen molar-refractivity contribution in [2.24, 2.45) is 0 Å². The van der Waals surface area contributed by atoms with E-state index in [-0.39, 0.29) is 0 Å². The number of ether oxygens (including phenoxy) is 1. The Bertz CT molecular complexity index is 141. The van der Waals surface area contributed by atoms with Crippen molar-refractivity contribution in [3.8, 4) is 0 Å². The third-order valence-corrected chi connectivity index (χ3v) is 1.44. The van der Waals surface area contributed by atoms with Gasteiger partial charge in [-0.05, 0) is 7.05 Å². The van der Waals surface area contributed by atoms with E-state index in [1.165, 1.54) is 0 Å². The van der Waals surface area contributed by atoms with Crippen LogP contribution in [-0.4, -0.2) is 50.0 Å². The van der Waals surface area contributed by atoms with Crippen molar-refractivity contribution < 1.29 is 9.84 Å². The highest BCUT2D eigenvalue weighted by atomic mass is 35.5. The van der Waals surface area contributed by atoms with Gasteiger partial charge in [0.2, 0.25) is 0 Å². The standard InChI is InChI=1S/C8H16ClNO2/c1-7(9)4-10(2)5-8(11)6-12-3/h8,11H,1,4-6H2,2-3H3. The molecule has 72 valence electrons. The van der Waals surface area contributed by atoms with Gasteiger partial charge in [0.15, 0.2) is 0 Å². The van der Waals surface area contributed by atoms with Crippen LogP contribution in [0.4, 0.5) is 0 Å². The predicted octanol–water partition coefficient (Wildman–Crippen LogP) is 0.678. The normalized spacial score (nSPS) is 13.4. The fourth-order valence-corrected chi connectivity index (χ4v) is 1.17. The molecule has 0 fully saturated rings. The molecule has 1 atom stereocenters. The molecule has 0 saturated heterocycles. The molecule has 0 radical (unpaired) electrons. The quantitative estimate of drug-likeness (QED) is 0.674. The summed E-state index contributed by atoms with van der Waals surface area (Å²) in [6.45, 7) is 5.03. The predicted molar refractivity (Wildman–Crippen MR) is 50.4 cm³/mol. The van der Waals surface area contributed by atoms with Crippen molar-refractivity contribution in [1.29, 1.82) is 0 Å². The molecule has 0 heterocycles. The van der Waals surface area contributed by atoms with E-state index in [2.05, 4.69) is 6.58 Å². The Morgan fingerprint density at radius 3 is 2.75 bits per heavy atom. The van der Waals surface area contributed by atoms with Gasteiger partial charge in [0.1, 0.15) is 0 Å². The Hall–Kier alpha value is -0.0900. The topological polar surface area (TPSA) is 32.7 Å². The Kier molecular flexibility index (Phi) is 6.38. The summed E-state index contributed by atoms with van der Waals surface area (Å²) in [5.41, 5.74) is 0. The van der Waals surface area contributed by atoms with Crippen molar-refractivity contribution >= 4 is 11.6 Å². The monoisotopic (exact) mass is 193 g/mol. The van der Waals surface area contributed by atoms with Gasteiger partial charge in [-0.1, -0.05) is 18.2 Å². The largest absolute Gasteiger partial charge is 0.389 e. The number of aliphatic hydroxyl groups is 1. The molecule has 0 aromatic carbocycles. The summed E-state index contributed by atoms with van der Waals surface area (Å²) in [5, 5.41) is 9.86. The molecule has 12 heavy (non-hydrogen) atoms. The second kappa shape index (κ2) is 6.43. The van der Waals surface area contributed by atoms with E-state index < -0.39 is 6.10 Å². The first-order valence-electron chi connectivity index (χ1n) is 3.75. The SMILES string of the molecule is C=C(Cl)CN(C)CC(O)COC. The van der Waals surface area contributed by atoms with Crippen LogP contribution in [0.15, 0.2) is 11.6 Å². The van der Waals surface area contributed by atoms with Crippen molar-refractivity contribution in [3.63, 3.8) is 0 Å². The van der Waals surface area contributed by atoms with Gasteiger partial charge in [-0.2, -0.15) is 0 Å². The maximum atomic E-state index is 9.29. The van der Waals surface area contributed by atoms with Crippen LogP contribution < -0.4 is 0 Å². The lowest BCUT2D eigenvalue weighted by Crippen LogP contribution is -2.32. The number of hydrogen-bond donors (Lipinski definition) is 1. The number of nitrogens with zero attached hydrogens (tertiary/aromatic N) is 1. The average molecular weight is 194 g/mol. The molecule has 0 rings (SSSR count). The van der Waals surface area contributed by atoms with Crippen LogP contribution in [0.2, 0.25) is 0 Å². The summed E-state index contributed by atoms with van der Waals surface area (Å²) in [5.74, 6) is 0. The Labute approximate surface area is 78.6 Å². The Balaban J connectivity index is 3.53. The van der Waals surface area contributed by atoms with Gasteiger partial charge in [0.25, 0.3) is 0 Å². The van der Waals surface area contributed by atoms with Gasteiger partial charge >= 0.3 is 0 Å². The van der Waals surface area contributed by atoms with E-state index >= 15 is 0 Å². The van der Waals surface area contributed by atoms with E-state index in [4.69, 9.17) is 16.3 Å². The lowest BCUT2D eigenvalue weighted by atomic mass is 10.3. The molecule has 0 aliphatic heterocycles. The summed E-state index contributed by atoms with van der Waals surface area (Å²) < 4.78 is 4.78. The van der Waals surface area contributed by atoms with Crippen LogP contribution in [0.25, 0.3) is 0 Å². The molecule has 3 nitrogen and oxygen atoms in total. The van der Waals surface area contributed by atoms with Crippen molar-refractivity contribution in [2.75, 3.05) is 33.9 Å². The second-order valence-corrected chi connectivity index (χ2v) is 3.36. The maximum absolute atomic E-state index is 9.29. The van der Waals surface area contributed by atoms with Crippen LogP contribution in [0.5, 0.6) is 0 Å².